The van der Waals surface area contributed by atoms with Crippen molar-refractivity contribution >= 4 is 33.4 Å². The number of benzene rings is 1. The lowest BCUT2D eigenvalue weighted by atomic mass is 9.98. The van der Waals surface area contributed by atoms with Gasteiger partial charge < -0.3 is 4.90 Å². The Morgan fingerprint density at radius 2 is 2.33 bits per heavy atom. The van der Waals surface area contributed by atoms with Crippen molar-refractivity contribution in [2.24, 2.45) is 5.92 Å². The highest BCUT2D eigenvalue weighted by molar-refractivity contribution is 9.09. The van der Waals surface area contributed by atoms with Crippen molar-refractivity contribution in [1.29, 1.82) is 0 Å². The van der Waals surface area contributed by atoms with Crippen LogP contribution in [0.2, 0.25) is 5.02 Å². The molecule has 1 atom stereocenters. The Balaban J connectivity index is 2.17. The number of hydrogen-bond donors (Lipinski definition) is 0. The average Bonchev–Trinajstić information content (AvgIpc) is 2.41. The SMILES string of the molecule is Cc1ccc(Cl)cc1C(=O)N1CCCC(CBr)C1. The third-order valence-corrected chi connectivity index (χ3v) is 4.61. The largest absolute Gasteiger partial charge is 0.338 e. The topological polar surface area (TPSA) is 20.3 Å². The molecule has 1 aromatic carbocycles. The molecule has 0 saturated carbocycles. The maximum absolute atomic E-state index is 12.5. The summed E-state index contributed by atoms with van der Waals surface area (Å²) in [6.45, 7) is 3.65. The number of piperidine rings is 1. The molecule has 0 aliphatic carbocycles. The monoisotopic (exact) mass is 329 g/mol. The van der Waals surface area contributed by atoms with Gasteiger partial charge in [-0.3, -0.25) is 4.79 Å². The normalized spacial score (nSPS) is 19.9. The number of likely N-dealkylation sites (tertiary alicyclic amines) is 1. The predicted molar refractivity (Wildman–Crippen MR) is 78.6 cm³/mol. The molecule has 4 heteroatoms. The number of nitrogens with zero attached hydrogens (tertiary/aromatic N) is 1. The summed E-state index contributed by atoms with van der Waals surface area (Å²) < 4.78 is 0. The molecule has 1 fully saturated rings. The molecule has 0 aromatic heterocycles. The van der Waals surface area contributed by atoms with Gasteiger partial charge in [0.25, 0.3) is 5.91 Å². The molecular formula is C14H17BrClNO. The van der Waals surface area contributed by atoms with Gasteiger partial charge in [0.1, 0.15) is 0 Å². The van der Waals surface area contributed by atoms with E-state index >= 15 is 0 Å². The second kappa shape index (κ2) is 6.07. The number of hydrogen-bond acceptors (Lipinski definition) is 1. The summed E-state index contributed by atoms with van der Waals surface area (Å²) in [7, 11) is 0. The van der Waals surface area contributed by atoms with Crippen molar-refractivity contribution < 1.29 is 4.79 Å². The molecule has 18 heavy (non-hydrogen) atoms. The Kier molecular flexibility index (Phi) is 4.68. The minimum Gasteiger partial charge on any atom is -0.338 e. The number of amides is 1. The van der Waals surface area contributed by atoms with Crippen LogP contribution < -0.4 is 0 Å². The van der Waals surface area contributed by atoms with Crippen molar-refractivity contribution in [1.82, 2.24) is 4.90 Å². The zero-order valence-electron chi connectivity index (χ0n) is 10.5. The van der Waals surface area contributed by atoms with E-state index in [-0.39, 0.29) is 5.91 Å². The summed E-state index contributed by atoms with van der Waals surface area (Å²) in [4.78, 5) is 14.4. The van der Waals surface area contributed by atoms with Crippen molar-refractivity contribution in [3.63, 3.8) is 0 Å². The Bertz CT molecular complexity index is 449. The highest BCUT2D eigenvalue weighted by Gasteiger charge is 2.24. The number of carbonyl (C=O) groups is 1. The van der Waals surface area contributed by atoms with Crippen molar-refractivity contribution in [3.05, 3.63) is 34.3 Å². The Morgan fingerprint density at radius 3 is 3.06 bits per heavy atom. The summed E-state index contributed by atoms with van der Waals surface area (Å²) in [5.41, 5.74) is 1.73. The van der Waals surface area contributed by atoms with Gasteiger partial charge in [0.2, 0.25) is 0 Å². The van der Waals surface area contributed by atoms with E-state index in [1.807, 2.05) is 24.0 Å². The van der Waals surface area contributed by atoms with Gasteiger partial charge in [0.05, 0.1) is 0 Å². The quantitative estimate of drug-likeness (QED) is 0.753. The first-order chi connectivity index (χ1) is 8.61. The third kappa shape index (κ3) is 3.07. The molecule has 1 amide bonds. The Morgan fingerprint density at radius 1 is 1.56 bits per heavy atom. The lowest BCUT2D eigenvalue weighted by molar-refractivity contribution is 0.0685. The fourth-order valence-corrected chi connectivity index (χ4v) is 3.07. The molecule has 1 heterocycles. The van der Waals surface area contributed by atoms with Crippen LogP contribution in [-0.4, -0.2) is 29.2 Å². The van der Waals surface area contributed by atoms with E-state index in [1.54, 1.807) is 6.07 Å². The molecule has 0 radical (unpaired) electrons. The van der Waals surface area contributed by atoms with Gasteiger partial charge in [-0.2, -0.15) is 0 Å². The van der Waals surface area contributed by atoms with Crippen molar-refractivity contribution in [2.45, 2.75) is 19.8 Å². The molecule has 0 N–H and O–H groups in total. The van der Waals surface area contributed by atoms with Gasteiger partial charge in [0.15, 0.2) is 0 Å². The minimum atomic E-state index is 0.112. The summed E-state index contributed by atoms with van der Waals surface area (Å²) in [5, 5.41) is 1.59. The second-order valence-corrected chi connectivity index (χ2v) is 5.96. The highest BCUT2D eigenvalue weighted by atomic mass is 79.9. The van der Waals surface area contributed by atoms with Gasteiger partial charge in [-0.05, 0) is 43.4 Å². The molecule has 0 spiro atoms. The van der Waals surface area contributed by atoms with Crippen LogP contribution in [0, 0.1) is 12.8 Å². The second-order valence-electron chi connectivity index (χ2n) is 4.87. The predicted octanol–water partition coefficient (Wildman–Crippen LogP) is 3.90. The van der Waals surface area contributed by atoms with Gasteiger partial charge in [-0.1, -0.05) is 33.6 Å². The van der Waals surface area contributed by atoms with Crippen LogP contribution in [0.3, 0.4) is 0 Å². The Labute approximate surface area is 121 Å². The zero-order valence-corrected chi connectivity index (χ0v) is 12.8. The van der Waals surface area contributed by atoms with Crippen molar-refractivity contribution in [2.75, 3.05) is 18.4 Å². The molecule has 2 nitrogen and oxygen atoms in total. The Hall–Kier alpha value is -0.540. The molecular weight excluding hydrogens is 314 g/mol. The summed E-state index contributed by atoms with van der Waals surface area (Å²) in [5.74, 6) is 0.683. The fraction of sp³-hybridized carbons (Fsp3) is 0.500. The van der Waals surface area contributed by atoms with Crippen LogP contribution in [-0.2, 0) is 0 Å². The van der Waals surface area contributed by atoms with Crippen LogP contribution in [0.25, 0.3) is 0 Å². The minimum absolute atomic E-state index is 0.112. The average molecular weight is 331 g/mol. The van der Waals surface area contributed by atoms with E-state index in [2.05, 4.69) is 15.9 Å². The van der Waals surface area contributed by atoms with Crippen LogP contribution >= 0.6 is 27.5 Å². The fourth-order valence-electron chi connectivity index (χ4n) is 2.37. The van der Waals surface area contributed by atoms with Crippen LogP contribution in [0.4, 0.5) is 0 Å². The molecule has 1 aromatic rings. The van der Waals surface area contributed by atoms with Gasteiger partial charge in [-0.15, -0.1) is 0 Å². The maximum atomic E-state index is 12.5. The molecule has 2 rings (SSSR count). The first-order valence-electron chi connectivity index (χ1n) is 6.23. The lowest BCUT2D eigenvalue weighted by Gasteiger charge is -2.32. The smallest absolute Gasteiger partial charge is 0.254 e. The number of rotatable bonds is 2. The number of carbonyl (C=O) groups excluding carboxylic acids is 1. The number of alkyl halides is 1. The van der Waals surface area contributed by atoms with Crippen LogP contribution in [0.15, 0.2) is 18.2 Å². The van der Waals surface area contributed by atoms with Gasteiger partial charge in [-0.25, -0.2) is 0 Å². The van der Waals surface area contributed by atoms with E-state index < -0.39 is 0 Å². The van der Waals surface area contributed by atoms with Crippen LogP contribution in [0.1, 0.15) is 28.8 Å². The van der Waals surface area contributed by atoms with Crippen LogP contribution in [0.5, 0.6) is 0 Å². The van der Waals surface area contributed by atoms with E-state index in [4.69, 9.17) is 11.6 Å². The lowest BCUT2D eigenvalue weighted by Crippen LogP contribution is -2.40. The summed E-state index contributed by atoms with van der Waals surface area (Å²) >= 11 is 9.49. The molecule has 98 valence electrons. The summed E-state index contributed by atoms with van der Waals surface area (Å²) in [6.07, 6.45) is 2.28. The van der Waals surface area contributed by atoms with E-state index in [9.17, 15) is 4.79 Å². The molecule has 1 unspecified atom stereocenters. The number of halogens is 2. The highest BCUT2D eigenvalue weighted by Crippen LogP contribution is 2.22. The van der Waals surface area contributed by atoms with Gasteiger partial charge in [0, 0.05) is 29.0 Å². The number of aryl methyl sites for hydroxylation is 1. The van der Waals surface area contributed by atoms with E-state index in [1.165, 1.54) is 6.42 Å². The maximum Gasteiger partial charge on any atom is 0.254 e. The molecule has 1 aliphatic heterocycles. The zero-order chi connectivity index (χ0) is 13.1. The molecule has 1 saturated heterocycles. The summed E-state index contributed by atoms with van der Waals surface area (Å²) in [6, 6.07) is 5.50. The standard InChI is InChI=1S/C14H17BrClNO/c1-10-4-5-12(16)7-13(10)14(18)17-6-2-3-11(8-15)9-17/h4-5,7,11H,2-3,6,8-9H2,1H3. The van der Waals surface area contributed by atoms with E-state index in [0.29, 0.717) is 10.9 Å². The third-order valence-electron chi connectivity index (χ3n) is 3.45. The molecule has 1 aliphatic rings. The first kappa shape index (κ1) is 13.9. The first-order valence-corrected chi connectivity index (χ1v) is 7.73. The van der Waals surface area contributed by atoms with E-state index in [0.717, 1.165) is 36.0 Å². The van der Waals surface area contributed by atoms with Gasteiger partial charge >= 0.3 is 0 Å². The van der Waals surface area contributed by atoms with Crippen molar-refractivity contribution in [3.8, 4) is 0 Å². The molecule has 0 bridgehead atoms.